The Morgan fingerprint density at radius 1 is 1.09 bits per heavy atom. The Labute approximate surface area is 192 Å². The molecule has 2 aromatic carbocycles. The quantitative estimate of drug-likeness (QED) is 0.447. The van der Waals surface area contributed by atoms with Crippen molar-refractivity contribution in [3.63, 3.8) is 0 Å². The molecule has 6 nitrogen and oxygen atoms in total. The molecule has 7 heteroatoms. The van der Waals surface area contributed by atoms with Gasteiger partial charge in [0.05, 0.1) is 12.8 Å². The van der Waals surface area contributed by atoms with Gasteiger partial charge in [-0.1, -0.05) is 36.4 Å². The monoisotopic (exact) mass is 449 g/mol. The fourth-order valence-electron chi connectivity index (χ4n) is 3.29. The van der Waals surface area contributed by atoms with Gasteiger partial charge in [0.25, 0.3) is 5.91 Å². The number of carbonyl (C=O) groups excluding carboxylic acids is 2. The molecule has 0 aliphatic heterocycles. The summed E-state index contributed by atoms with van der Waals surface area (Å²) in [5.41, 5.74) is 4.20. The molecule has 0 aliphatic rings. The predicted octanol–water partition coefficient (Wildman–Crippen LogP) is 4.39. The number of pyridine rings is 1. The van der Waals surface area contributed by atoms with Crippen LogP contribution in [0.1, 0.15) is 22.3 Å². The van der Waals surface area contributed by atoms with Gasteiger partial charge in [-0.25, -0.2) is 4.79 Å². The lowest BCUT2D eigenvalue weighted by atomic mass is 9.96. The molecule has 1 aromatic heterocycles. The third-order valence-electron chi connectivity index (χ3n) is 4.97. The first-order valence-corrected chi connectivity index (χ1v) is 11.7. The number of esters is 1. The van der Waals surface area contributed by atoms with Crippen molar-refractivity contribution in [3.8, 4) is 11.1 Å². The van der Waals surface area contributed by atoms with E-state index in [4.69, 9.17) is 4.74 Å². The van der Waals surface area contributed by atoms with Gasteiger partial charge in [-0.05, 0) is 59.4 Å². The Morgan fingerprint density at radius 2 is 1.91 bits per heavy atom. The molecule has 0 bridgehead atoms. The summed E-state index contributed by atoms with van der Waals surface area (Å²) in [4.78, 5) is 29.4. The molecule has 1 heterocycles. The lowest BCUT2D eigenvalue weighted by Crippen LogP contribution is -2.42. The Hall–Kier alpha value is -3.32. The van der Waals surface area contributed by atoms with E-state index in [2.05, 4.69) is 15.6 Å². The lowest BCUT2D eigenvalue weighted by Gasteiger charge is -2.18. The summed E-state index contributed by atoms with van der Waals surface area (Å²) in [6.45, 7) is 0.589. The molecule has 1 atom stereocenters. The van der Waals surface area contributed by atoms with Gasteiger partial charge < -0.3 is 15.4 Å². The van der Waals surface area contributed by atoms with Gasteiger partial charge in [0.15, 0.2) is 0 Å². The maximum atomic E-state index is 13.2. The van der Waals surface area contributed by atoms with Crippen molar-refractivity contribution in [2.75, 3.05) is 24.4 Å². The molecule has 3 rings (SSSR count). The molecular formula is C25H27N3O3S. The van der Waals surface area contributed by atoms with Gasteiger partial charge in [-0.2, -0.15) is 11.8 Å². The number of carbonyl (C=O) groups is 2. The van der Waals surface area contributed by atoms with Crippen LogP contribution in [0.3, 0.4) is 0 Å². The van der Waals surface area contributed by atoms with Gasteiger partial charge >= 0.3 is 5.97 Å². The lowest BCUT2D eigenvalue weighted by molar-refractivity contribution is -0.142. The Balaban J connectivity index is 1.86. The molecule has 2 N–H and O–H groups in total. The van der Waals surface area contributed by atoms with Crippen molar-refractivity contribution in [2.24, 2.45) is 0 Å². The second-order valence-electron chi connectivity index (χ2n) is 7.17. The van der Waals surface area contributed by atoms with Crippen LogP contribution in [0.25, 0.3) is 11.1 Å². The van der Waals surface area contributed by atoms with Crippen molar-refractivity contribution in [1.29, 1.82) is 0 Å². The minimum atomic E-state index is -0.685. The molecule has 0 radical (unpaired) electrons. The van der Waals surface area contributed by atoms with Crippen molar-refractivity contribution < 1.29 is 14.3 Å². The van der Waals surface area contributed by atoms with Gasteiger partial charge in [0, 0.05) is 24.5 Å². The molecule has 166 valence electrons. The first-order valence-electron chi connectivity index (χ1n) is 10.3. The summed E-state index contributed by atoms with van der Waals surface area (Å²) >= 11 is 1.62. The second-order valence-corrected chi connectivity index (χ2v) is 8.16. The highest BCUT2D eigenvalue weighted by Gasteiger charge is 2.23. The molecule has 0 aliphatic carbocycles. The largest absolute Gasteiger partial charge is 0.467 e. The van der Waals surface area contributed by atoms with Gasteiger partial charge in [0.2, 0.25) is 0 Å². The smallest absolute Gasteiger partial charge is 0.328 e. The van der Waals surface area contributed by atoms with E-state index < -0.39 is 12.0 Å². The minimum Gasteiger partial charge on any atom is -0.467 e. The average Bonchev–Trinajstić information content (AvgIpc) is 2.85. The van der Waals surface area contributed by atoms with Gasteiger partial charge in [0.1, 0.15) is 6.04 Å². The SMILES string of the molecule is COC(=O)C(CCSC)NC(=O)c1ccc(CNc2cccnc2)cc1-c1ccccc1. The number of thioether (sulfide) groups is 1. The number of nitrogens with one attached hydrogen (secondary N) is 2. The summed E-state index contributed by atoms with van der Waals surface area (Å²) in [6.07, 6.45) is 5.96. The van der Waals surface area contributed by atoms with E-state index in [0.29, 0.717) is 18.5 Å². The molecule has 3 aromatic rings. The maximum absolute atomic E-state index is 13.2. The van der Waals surface area contributed by atoms with Crippen LogP contribution in [0.5, 0.6) is 0 Å². The van der Waals surface area contributed by atoms with E-state index >= 15 is 0 Å². The molecular weight excluding hydrogens is 422 g/mol. The van der Waals surface area contributed by atoms with Crippen LogP contribution < -0.4 is 10.6 Å². The van der Waals surface area contributed by atoms with E-state index in [-0.39, 0.29) is 5.91 Å². The first-order chi connectivity index (χ1) is 15.6. The highest BCUT2D eigenvalue weighted by Crippen LogP contribution is 2.26. The third kappa shape index (κ3) is 6.34. The number of hydrogen-bond acceptors (Lipinski definition) is 6. The topological polar surface area (TPSA) is 80.3 Å². The fourth-order valence-corrected chi connectivity index (χ4v) is 3.76. The van der Waals surface area contributed by atoms with Gasteiger partial charge in [-0.15, -0.1) is 0 Å². The highest BCUT2D eigenvalue weighted by molar-refractivity contribution is 7.98. The Morgan fingerprint density at radius 3 is 2.59 bits per heavy atom. The third-order valence-corrected chi connectivity index (χ3v) is 5.62. The number of anilines is 1. The molecule has 1 amide bonds. The van der Waals surface area contributed by atoms with Crippen molar-refractivity contribution in [3.05, 3.63) is 84.2 Å². The van der Waals surface area contributed by atoms with Gasteiger partial charge in [-0.3, -0.25) is 9.78 Å². The fraction of sp³-hybridized carbons (Fsp3) is 0.240. The number of benzene rings is 2. The summed E-state index contributed by atoms with van der Waals surface area (Å²) in [5.74, 6) is 0.00272. The number of nitrogens with zero attached hydrogens (tertiary/aromatic N) is 1. The zero-order valence-electron chi connectivity index (χ0n) is 18.2. The molecule has 1 unspecified atom stereocenters. The summed E-state index contributed by atoms with van der Waals surface area (Å²) in [7, 11) is 1.33. The van der Waals surface area contributed by atoms with Crippen molar-refractivity contribution in [2.45, 2.75) is 19.0 Å². The van der Waals surface area contributed by atoms with Crippen LogP contribution in [0.4, 0.5) is 5.69 Å². The predicted molar refractivity (Wildman–Crippen MR) is 130 cm³/mol. The molecule has 0 saturated heterocycles. The highest BCUT2D eigenvalue weighted by atomic mass is 32.2. The molecule has 32 heavy (non-hydrogen) atoms. The number of hydrogen-bond donors (Lipinski definition) is 2. The van der Waals surface area contributed by atoms with E-state index in [1.807, 2.05) is 60.9 Å². The Bertz CT molecular complexity index is 1030. The van der Waals surface area contributed by atoms with Crippen LogP contribution in [0.15, 0.2) is 73.1 Å². The van der Waals surface area contributed by atoms with Crippen LogP contribution in [0.2, 0.25) is 0 Å². The maximum Gasteiger partial charge on any atom is 0.328 e. The second kappa shape index (κ2) is 11.9. The summed E-state index contributed by atoms with van der Waals surface area (Å²) in [5, 5.41) is 6.20. The molecule has 0 spiro atoms. The summed E-state index contributed by atoms with van der Waals surface area (Å²) < 4.78 is 4.88. The van der Waals surface area contributed by atoms with Crippen LogP contribution in [-0.4, -0.2) is 42.0 Å². The van der Waals surface area contributed by atoms with E-state index in [1.54, 1.807) is 30.2 Å². The van der Waals surface area contributed by atoms with Crippen molar-refractivity contribution >= 4 is 29.3 Å². The zero-order chi connectivity index (χ0) is 22.8. The van der Waals surface area contributed by atoms with Crippen LogP contribution in [0, 0.1) is 0 Å². The van der Waals surface area contributed by atoms with E-state index in [1.165, 1.54) is 7.11 Å². The van der Waals surface area contributed by atoms with Crippen molar-refractivity contribution in [1.82, 2.24) is 10.3 Å². The Kier molecular flexibility index (Phi) is 8.69. The van der Waals surface area contributed by atoms with E-state index in [9.17, 15) is 9.59 Å². The van der Waals surface area contributed by atoms with Crippen LogP contribution >= 0.6 is 11.8 Å². The first kappa shape index (κ1) is 23.3. The average molecular weight is 450 g/mol. The number of methoxy groups -OCH3 is 1. The van der Waals surface area contributed by atoms with E-state index in [0.717, 1.165) is 28.1 Å². The number of aromatic nitrogens is 1. The summed E-state index contributed by atoms with van der Waals surface area (Å²) in [6, 6.07) is 18.6. The number of rotatable bonds is 10. The zero-order valence-corrected chi connectivity index (χ0v) is 19.0. The number of amides is 1. The van der Waals surface area contributed by atoms with Crippen LogP contribution in [-0.2, 0) is 16.1 Å². The number of ether oxygens (including phenoxy) is 1. The molecule has 0 saturated carbocycles. The standard InChI is InChI=1S/C25H27N3O3S/c1-31-25(30)23(12-14-32-2)28-24(29)21-11-10-18(16-27-20-9-6-13-26-17-20)15-22(21)19-7-4-3-5-8-19/h3-11,13,15,17,23,27H,12,14,16H2,1-2H3,(H,28,29). The normalized spacial score (nSPS) is 11.4. The molecule has 0 fully saturated rings. The minimum absolute atomic E-state index is 0.299.